The number of anilines is 1. The van der Waals surface area contributed by atoms with Crippen molar-refractivity contribution in [3.63, 3.8) is 0 Å². The average Bonchev–Trinajstić information content (AvgIpc) is 2.74. The van der Waals surface area contributed by atoms with E-state index >= 15 is 0 Å². The Labute approximate surface area is 199 Å². The number of rotatable bonds is 6. The number of carbonyl (C=O) groups excluding carboxylic acids is 1. The van der Waals surface area contributed by atoms with Gasteiger partial charge in [-0.1, -0.05) is 103 Å². The van der Waals surface area contributed by atoms with Crippen LogP contribution in [0.4, 0.5) is 5.69 Å². The number of nitrogens with one attached hydrogen (secondary N) is 1. The highest BCUT2D eigenvalue weighted by atomic mass is 16.3. The first kappa shape index (κ1) is 24.8. The predicted molar refractivity (Wildman–Crippen MR) is 140 cm³/mol. The number of aromatic hydroxyl groups is 1. The summed E-state index contributed by atoms with van der Waals surface area (Å²) in [5, 5.41) is 15.4. The summed E-state index contributed by atoms with van der Waals surface area (Å²) in [6, 6.07) is 18.2. The van der Waals surface area contributed by atoms with Crippen LogP contribution in [0, 0.1) is 5.92 Å². The monoisotopic (exact) mass is 445 g/mol. The van der Waals surface area contributed by atoms with Gasteiger partial charge in [0.15, 0.2) is 0 Å². The summed E-state index contributed by atoms with van der Waals surface area (Å²) in [5.74, 6) is -0.0775. The molecule has 0 aliphatic carbocycles. The number of phenolic OH excluding ortho intramolecular Hbond substituents is 1. The normalized spacial score (nSPS) is 13.2. The van der Waals surface area contributed by atoms with Gasteiger partial charge in [-0.15, -0.1) is 0 Å². The minimum absolute atomic E-state index is 0.0371. The largest absolute Gasteiger partial charge is 0.505 e. The zero-order valence-corrected chi connectivity index (χ0v) is 21.3. The maximum Gasteiger partial charge on any atom is 0.227 e. The van der Waals surface area contributed by atoms with Crippen LogP contribution in [0.15, 0.2) is 54.6 Å². The van der Waals surface area contributed by atoms with Crippen molar-refractivity contribution in [3.05, 3.63) is 71.3 Å². The van der Waals surface area contributed by atoms with E-state index in [4.69, 9.17) is 0 Å². The third-order valence-electron chi connectivity index (χ3n) is 6.37. The smallest absolute Gasteiger partial charge is 0.227 e. The topological polar surface area (TPSA) is 49.3 Å². The van der Waals surface area contributed by atoms with Crippen LogP contribution < -0.4 is 5.32 Å². The highest BCUT2D eigenvalue weighted by Gasteiger charge is 2.24. The molecule has 1 unspecified atom stereocenters. The molecule has 3 heteroatoms. The Morgan fingerprint density at radius 2 is 1.52 bits per heavy atom. The number of phenols is 1. The number of amides is 1. The van der Waals surface area contributed by atoms with Gasteiger partial charge in [0.1, 0.15) is 5.75 Å². The van der Waals surface area contributed by atoms with E-state index in [9.17, 15) is 9.90 Å². The Kier molecular flexibility index (Phi) is 7.21. The zero-order chi connectivity index (χ0) is 24.4. The van der Waals surface area contributed by atoms with Crippen LogP contribution in [-0.4, -0.2) is 11.0 Å². The molecule has 3 aromatic carbocycles. The van der Waals surface area contributed by atoms with E-state index in [0.717, 1.165) is 23.6 Å². The van der Waals surface area contributed by atoms with Gasteiger partial charge in [0.05, 0.1) is 5.69 Å². The number of fused-ring (bicyclic) bond motifs is 1. The molecule has 1 atom stereocenters. The van der Waals surface area contributed by atoms with Crippen molar-refractivity contribution in [2.45, 2.75) is 78.6 Å². The molecule has 3 nitrogen and oxygen atoms in total. The maximum atomic E-state index is 13.3. The second-order valence-electron chi connectivity index (χ2n) is 11.3. The van der Waals surface area contributed by atoms with E-state index < -0.39 is 0 Å². The van der Waals surface area contributed by atoms with Gasteiger partial charge in [-0.3, -0.25) is 4.79 Å². The molecule has 0 fully saturated rings. The molecular formula is C30H39NO2. The van der Waals surface area contributed by atoms with Gasteiger partial charge < -0.3 is 10.4 Å². The molecule has 0 aliphatic heterocycles. The number of hydrogen-bond donors (Lipinski definition) is 2. The van der Waals surface area contributed by atoms with Gasteiger partial charge in [-0.05, 0) is 51.8 Å². The van der Waals surface area contributed by atoms with Gasteiger partial charge in [-0.2, -0.15) is 0 Å². The molecular weight excluding hydrogens is 406 g/mol. The van der Waals surface area contributed by atoms with E-state index in [1.807, 2.05) is 30.3 Å². The number of benzene rings is 3. The fourth-order valence-electron chi connectivity index (χ4n) is 4.23. The van der Waals surface area contributed by atoms with Crippen LogP contribution in [0.5, 0.6) is 5.75 Å². The number of hydrogen-bond acceptors (Lipinski definition) is 2. The quantitative estimate of drug-likeness (QED) is 0.381. The third kappa shape index (κ3) is 5.96. The van der Waals surface area contributed by atoms with Gasteiger partial charge in [0.25, 0.3) is 0 Å². The first-order valence-electron chi connectivity index (χ1n) is 12.1. The molecule has 176 valence electrons. The molecule has 0 spiro atoms. The van der Waals surface area contributed by atoms with E-state index in [0.29, 0.717) is 12.1 Å². The van der Waals surface area contributed by atoms with Crippen molar-refractivity contribution in [3.8, 4) is 5.75 Å². The minimum atomic E-state index is -0.163. The molecule has 0 bridgehead atoms. The Hall–Kier alpha value is -2.81. The van der Waals surface area contributed by atoms with Crippen LogP contribution >= 0.6 is 0 Å². The third-order valence-corrected chi connectivity index (χ3v) is 6.37. The lowest BCUT2D eigenvalue weighted by molar-refractivity contribution is -0.120. The molecule has 0 saturated heterocycles. The Bertz CT molecular complexity index is 1100. The van der Waals surface area contributed by atoms with Crippen LogP contribution in [0.3, 0.4) is 0 Å². The molecule has 0 radical (unpaired) electrons. The van der Waals surface area contributed by atoms with Gasteiger partial charge in [0, 0.05) is 11.3 Å². The second-order valence-corrected chi connectivity index (χ2v) is 11.3. The summed E-state index contributed by atoms with van der Waals surface area (Å²) in [4.78, 5) is 13.3. The molecule has 0 saturated carbocycles. The minimum Gasteiger partial charge on any atom is -0.505 e. The molecule has 0 aromatic heterocycles. The van der Waals surface area contributed by atoms with Crippen molar-refractivity contribution >= 4 is 22.4 Å². The van der Waals surface area contributed by atoms with E-state index in [1.54, 1.807) is 6.07 Å². The maximum absolute atomic E-state index is 13.3. The highest BCUT2D eigenvalue weighted by Crippen LogP contribution is 2.34. The fraction of sp³-hybridized carbons (Fsp3) is 0.433. The van der Waals surface area contributed by atoms with E-state index in [-0.39, 0.29) is 28.4 Å². The standard InChI is InChI=1S/C30H39NO2/c1-8-11-22(16-20-17-23(29(2,3)4)19-24(18-20)30(5,6)7)28(33)31-26-15-14-21-12-9-10-13-25(21)27(26)32/h9-10,12-15,17-19,22,32H,8,11,16H2,1-7H3,(H,31,33). The van der Waals surface area contributed by atoms with Crippen molar-refractivity contribution in [2.24, 2.45) is 5.92 Å². The molecule has 3 aromatic rings. The molecule has 3 rings (SSSR count). The van der Waals surface area contributed by atoms with Crippen LogP contribution in [0.1, 0.15) is 78.0 Å². The molecule has 1 amide bonds. The predicted octanol–water partition coefficient (Wildman–Crippen LogP) is 7.74. The summed E-state index contributed by atoms with van der Waals surface area (Å²) in [6.07, 6.45) is 2.40. The summed E-state index contributed by atoms with van der Waals surface area (Å²) >= 11 is 0. The highest BCUT2D eigenvalue weighted by molar-refractivity contribution is 6.00. The van der Waals surface area contributed by atoms with Crippen molar-refractivity contribution in [1.29, 1.82) is 0 Å². The zero-order valence-electron chi connectivity index (χ0n) is 21.3. The first-order valence-corrected chi connectivity index (χ1v) is 12.1. The molecule has 0 aliphatic rings. The Morgan fingerprint density at radius 3 is 2.09 bits per heavy atom. The van der Waals surface area contributed by atoms with Crippen LogP contribution in [-0.2, 0) is 22.0 Å². The lowest BCUT2D eigenvalue weighted by Gasteiger charge is -2.27. The summed E-state index contributed by atoms with van der Waals surface area (Å²) in [7, 11) is 0. The van der Waals surface area contributed by atoms with Crippen molar-refractivity contribution in [2.75, 3.05) is 5.32 Å². The Balaban J connectivity index is 1.90. The SMILES string of the molecule is CCCC(Cc1cc(C(C)(C)C)cc(C(C)(C)C)c1)C(=O)Nc1ccc2ccccc2c1O. The fourth-order valence-corrected chi connectivity index (χ4v) is 4.23. The van der Waals surface area contributed by atoms with Crippen molar-refractivity contribution < 1.29 is 9.90 Å². The van der Waals surface area contributed by atoms with Gasteiger partial charge in [0.2, 0.25) is 5.91 Å². The molecule has 33 heavy (non-hydrogen) atoms. The van der Waals surface area contributed by atoms with Gasteiger partial charge in [-0.25, -0.2) is 0 Å². The second kappa shape index (κ2) is 9.59. The Morgan fingerprint density at radius 1 is 0.909 bits per heavy atom. The summed E-state index contributed by atoms with van der Waals surface area (Å²) in [6.45, 7) is 15.5. The first-order chi connectivity index (χ1) is 15.4. The summed E-state index contributed by atoms with van der Waals surface area (Å²) in [5.41, 5.74) is 4.34. The van der Waals surface area contributed by atoms with E-state index in [2.05, 4.69) is 72.0 Å². The van der Waals surface area contributed by atoms with Crippen LogP contribution in [0.25, 0.3) is 10.8 Å². The molecule has 2 N–H and O–H groups in total. The average molecular weight is 446 g/mol. The van der Waals surface area contributed by atoms with Gasteiger partial charge >= 0.3 is 0 Å². The lowest BCUT2D eigenvalue weighted by atomic mass is 9.78. The summed E-state index contributed by atoms with van der Waals surface area (Å²) < 4.78 is 0. The molecule has 0 heterocycles. The van der Waals surface area contributed by atoms with E-state index in [1.165, 1.54) is 16.7 Å². The number of carbonyl (C=O) groups is 1. The van der Waals surface area contributed by atoms with Crippen molar-refractivity contribution in [1.82, 2.24) is 0 Å². The lowest BCUT2D eigenvalue weighted by Crippen LogP contribution is -2.25. The van der Waals surface area contributed by atoms with Crippen LogP contribution in [0.2, 0.25) is 0 Å².